The van der Waals surface area contributed by atoms with Crippen molar-refractivity contribution in [2.75, 3.05) is 0 Å². The van der Waals surface area contributed by atoms with Crippen LogP contribution in [0.15, 0.2) is 122 Å². The van der Waals surface area contributed by atoms with Crippen LogP contribution in [0.1, 0.15) is 67.5 Å². The van der Waals surface area contributed by atoms with E-state index < -0.39 is 0 Å². The van der Waals surface area contributed by atoms with Gasteiger partial charge in [-0.3, -0.25) is 6.08 Å². The second kappa shape index (κ2) is 17.6. The van der Waals surface area contributed by atoms with Crippen LogP contribution in [0.5, 0.6) is 0 Å². The Kier molecular flexibility index (Phi) is 14.9. The fourth-order valence-corrected chi connectivity index (χ4v) is 5.77. The summed E-state index contributed by atoms with van der Waals surface area (Å²) in [5, 5.41) is 0. The molecular weight excluding hydrogens is 655 g/mol. The van der Waals surface area contributed by atoms with Crippen LogP contribution in [-0.2, 0) is 30.7 Å². The summed E-state index contributed by atoms with van der Waals surface area (Å²) in [7, 11) is 0. The van der Waals surface area contributed by atoms with Crippen LogP contribution in [0.25, 0.3) is 23.3 Å². The van der Waals surface area contributed by atoms with Gasteiger partial charge in [0.05, 0.1) is 0 Å². The zero-order valence-electron chi connectivity index (χ0n) is 26.1. The third kappa shape index (κ3) is 9.84. The molecular formula is C41H40Cl2Zr-2. The summed E-state index contributed by atoms with van der Waals surface area (Å²) in [6, 6.07) is 35.2. The Morgan fingerprint density at radius 3 is 1.89 bits per heavy atom. The summed E-state index contributed by atoms with van der Waals surface area (Å²) in [6.45, 7) is 16.6. The van der Waals surface area contributed by atoms with Crippen molar-refractivity contribution in [1.82, 2.24) is 0 Å². The van der Waals surface area contributed by atoms with Crippen molar-refractivity contribution in [2.24, 2.45) is 11.3 Å². The van der Waals surface area contributed by atoms with Crippen LogP contribution in [0, 0.1) is 23.5 Å². The summed E-state index contributed by atoms with van der Waals surface area (Å²) in [5.41, 5.74) is 12.0. The van der Waals surface area contributed by atoms with Gasteiger partial charge in [0, 0.05) is 0 Å². The number of allylic oxidation sites excluding steroid dienone is 4. The molecule has 0 nitrogen and oxygen atoms in total. The summed E-state index contributed by atoms with van der Waals surface area (Å²) in [4.78, 5) is 0. The topological polar surface area (TPSA) is 0 Å². The predicted molar refractivity (Wildman–Crippen MR) is 179 cm³/mol. The number of benzene rings is 4. The SMILES string of the molecule is C=Cc1c[c-]c2c(c1)-c1cc(C=C)ccc1C2.CCC1[C-]=CC(C(C)(C)C)=C1.[Cl-].[Cl-].[Zr+2]=[C](c1ccccc1)c1ccccc1. The fourth-order valence-electron chi connectivity index (χ4n) is 4.95. The Morgan fingerprint density at radius 1 is 0.841 bits per heavy atom. The molecule has 0 N–H and O–H groups in total. The molecule has 0 radical (unpaired) electrons. The summed E-state index contributed by atoms with van der Waals surface area (Å²) < 4.78 is 1.42. The zero-order chi connectivity index (χ0) is 30.1. The number of rotatable bonds is 5. The van der Waals surface area contributed by atoms with E-state index in [-0.39, 0.29) is 24.8 Å². The fraction of sp³-hybridized carbons (Fsp3) is 0.195. The molecule has 1 unspecified atom stereocenters. The van der Waals surface area contributed by atoms with Crippen molar-refractivity contribution >= 4 is 15.4 Å². The number of fused-ring (bicyclic) bond motifs is 3. The minimum atomic E-state index is 0. The van der Waals surface area contributed by atoms with Crippen molar-refractivity contribution in [2.45, 2.75) is 40.5 Å². The van der Waals surface area contributed by atoms with Gasteiger partial charge in [0.1, 0.15) is 0 Å². The van der Waals surface area contributed by atoms with Crippen LogP contribution in [-0.4, -0.2) is 3.21 Å². The van der Waals surface area contributed by atoms with Gasteiger partial charge < -0.3 is 24.8 Å². The molecule has 0 heterocycles. The molecule has 2 aliphatic carbocycles. The molecule has 224 valence electrons. The van der Waals surface area contributed by atoms with Gasteiger partial charge in [-0.1, -0.05) is 87.4 Å². The average Bonchev–Trinajstić information content (AvgIpc) is 3.67. The molecule has 0 spiro atoms. The van der Waals surface area contributed by atoms with Gasteiger partial charge in [0.25, 0.3) is 0 Å². The maximum absolute atomic E-state index is 3.82. The van der Waals surface area contributed by atoms with Crippen LogP contribution in [0.2, 0.25) is 0 Å². The molecule has 0 bridgehead atoms. The van der Waals surface area contributed by atoms with E-state index in [2.05, 4.69) is 150 Å². The van der Waals surface area contributed by atoms with Crippen LogP contribution in [0.3, 0.4) is 0 Å². The Balaban J connectivity index is 0.000000231. The van der Waals surface area contributed by atoms with E-state index in [0.29, 0.717) is 11.3 Å². The zero-order valence-corrected chi connectivity index (χ0v) is 30.1. The summed E-state index contributed by atoms with van der Waals surface area (Å²) >= 11 is 1.46. The molecule has 1 atom stereocenters. The van der Waals surface area contributed by atoms with Gasteiger partial charge in [-0.05, 0) is 12.0 Å². The Morgan fingerprint density at radius 2 is 1.41 bits per heavy atom. The average molecular weight is 695 g/mol. The molecule has 2 aliphatic rings. The Labute approximate surface area is 292 Å². The van der Waals surface area contributed by atoms with Crippen molar-refractivity contribution in [1.29, 1.82) is 0 Å². The molecule has 0 saturated heterocycles. The van der Waals surface area contributed by atoms with Gasteiger partial charge in [-0.2, -0.15) is 35.4 Å². The third-order valence-corrected chi connectivity index (χ3v) is 9.00. The van der Waals surface area contributed by atoms with E-state index in [1.807, 2.05) is 18.2 Å². The first-order valence-corrected chi connectivity index (χ1v) is 15.9. The van der Waals surface area contributed by atoms with Gasteiger partial charge in [-0.15, -0.1) is 23.8 Å². The van der Waals surface area contributed by atoms with Crippen molar-refractivity contribution in [3.63, 3.8) is 0 Å². The Bertz CT molecular complexity index is 1510. The van der Waals surface area contributed by atoms with Gasteiger partial charge >= 0.3 is 99.2 Å². The van der Waals surface area contributed by atoms with Crippen LogP contribution < -0.4 is 24.8 Å². The van der Waals surface area contributed by atoms with E-state index in [4.69, 9.17) is 0 Å². The molecule has 4 aromatic rings. The first-order valence-electron chi connectivity index (χ1n) is 14.7. The Hall–Kier alpha value is -2.83. The second-order valence-corrected chi connectivity index (χ2v) is 12.9. The predicted octanol–water partition coefficient (Wildman–Crippen LogP) is 4.51. The van der Waals surface area contributed by atoms with E-state index in [1.54, 1.807) is 0 Å². The molecule has 44 heavy (non-hydrogen) atoms. The monoisotopic (exact) mass is 692 g/mol. The van der Waals surface area contributed by atoms with Crippen molar-refractivity contribution in [3.8, 4) is 11.1 Å². The first-order chi connectivity index (χ1) is 20.2. The number of halogens is 2. The van der Waals surface area contributed by atoms with Crippen LogP contribution >= 0.6 is 0 Å². The third-order valence-electron chi connectivity index (χ3n) is 7.58. The molecule has 0 aliphatic heterocycles. The summed E-state index contributed by atoms with van der Waals surface area (Å²) in [5.74, 6) is 0.573. The molecule has 0 amide bonds. The van der Waals surface area contributed by atoms with E-state index >= 15 is 0 Å². The van der Waals surface area contributed by atoms with Gasteiger partial charge in [-0.25, -0.2) is 6.08 Å². The van der Waals surface area contributed by atoms with Crippen molar-refractivity contribution in [3.05, 3.63) is 167 Å². The van der Waals surface area contributed by atoms with Gasteiger partial charge in [0.15, 0.2) is 0 Å². The molecule has 0 saturated carbocycles. The minimum absolute atomic E-state index is 0. The standard InChI is InChI=1S/C17H13.C13H10.C11H17.2ClH.Zr/c1-3-12-5-7-14-11-15-8-6-13(4-2)10-17(15)16(14)9-12;1-3-7-12(8-4-1)11-13-9-5-2-6-10-13;1-5-9-6-7-10(8-9)11(2,3)4;;;/h3-7,9-10H,1-2,11H2;1-10H;7-9H,5H2,1-4H3;2*1H;/q-1;;-1;;;+2/p-2. The van der Waals surface area contributed by atoms with E-state index in [1.165, 1.54) is 78.4 Å². The molecule has 0 aromatic heterocycles. The second-order valence-electron chi connectivity index (χ2n) is 11.6. The normalized spacial score (nSPS) is 13.7. The van der Waals surface area contributed by atoms with Crippen molar-refractivity contribution < 1.29 is 49.0 Å². The van der Waals surface area contributed by atoms with Crippen LogP contribution in [0.4, 0.5) is 0 Å². The summed E-state index contributed by atoms with van der Waals surface area (Å²) in [6.07, 6.45) is 13.7. The quantitative estimate of drug-likeness (QED) is 0.238. The maximum atomic E-state index is 3.82. The molecule has 0 fully saturated rings. The number of hydrogen-bond donors (Lipinski definition) is 0. The number of hydrogen-bond acceptors (Lipinski definition) is 0. The van der Waals surface area contributed by atoms with Gasteiger partial charge in [0.2, 0.25) is 0 Å². The van der Waals surface area contributed by atoms with E-state index in [0.717, 1.165) is 12.0 Å². The first kappa shape index (κ1) is 37.4. The molecule has 3 heteroatoms. The van der Waals surface area contributed by atoms with E-state index in [9.17, 15) is 0 Å². The molecule has 6 rings (SSSR count). The molecule has 4 aromatic carbocycles.